The number of rotatable bonds is 2. The lowest BCUT2D eigenvalue weighted by Gasteiger charge is -2.22. The van der Waals surface area contributed by atoms with Gasteiger partial charge in [0.1, 0.15) is 11.9 Å². The number of fused-ring (bicyclic) bond motifs is 1. The molecule has 0 aliphatic carbocycles. The maximum absolute atomic E-state index is 12.0. The zero-order valence-corrected chi connectivity index (χ0v) is 12.4. The van der Waals surface area contributed by atoms with Gasteiger partial charge in [0.05, 0.1) is 5.56 Å². The van der Waals surface area contributed by atoms with E-state index in [4.69, 9.17) is 9.26 Å². The van der Waals surface area contributed by atoms with Gasteiger partial charge in [-0.1, -0.05) is 5.16 Å². The van der Waals surface area contributed by atoms with E-state index < -0.39 is 0 Å². The van der Waals surface area contributed by atoms with Crippen molar-refractivity contribution in [2.75, 3.05) is 0 Å². The van der Waals surface area contributed by atoms with Crippen molar-refractivity contribution in [3.63, 3.8) is 0 Å². The summed E-state index contributed by atoms with van der Waals surface area (Å²) in [5.74, 6) is 1.50. The van der Waals surface area contributed by atoms with Crippen LogP contribution in [0.1, 0.15) is 23.7 Å². The smallest absolute Gasteiger partial charge is 0.258 e. The molecule has 0 bridgehead atoms. The Kier molecular flexibility index (Phi) is 3.15. The van der Waals surface area contributed by atoms with Crippen LogP contribution in [0.4, 0.5) is 0 Å². The third-order valence-electron chi connectivity index (χ3n) is 3.68. The molecular weight excluding hydrogens is 294 g/mol. The maximum atomic E-state index is 12.0. The van der Waals surface area contributed by atoms with Crippen LogP contribution in [0.15, 0.2) is 47.2 Å². The highest BCUT2D eigenvalue weighted by atomic mass is 16.5. The Hall–Kier alpha value is -3.02. The first-order chi connectivity index (χ1) is 11.2. The van der Waals surface area contributed by atoms with Crippen LogP contribution in [-0.2, 0) is 0 Å². The summed E-state index contributed by atoms with van der Waals surface area (Å²) < 4.78 is 11.1. The number of carbonyl (C=O) groups excluding carboxylic acids is 1. The number of aromatic nitrogens is 3. The minimum absolute atomic E-state index is 0.0897. The Balaban J connectivity index is 1.71. The van der Waals surface area contributed by atoms with Crippen molar-refractivity contribution in [3.8, 4) is 28.6 Å². The number of ketones is 1. The van der Waals surface area contributed by atoms with Crippen molar-refractivity contribution in [2.45, 2.75) is 19.4 Å². The van der Waals surface area contributed by atoms with Crippen molar-refractivity contribution in [1.82, 2.24) is 15.1 Å². The third kappa shape index (κ3) is 2.48. The van der Waals surface area contributed by atoms with E-state index in [0.29, 0.717) is 35.0 Å². The van der Waals surface area contributed by atoms with E-state index in [1.54, 1.807) is 30.6 Å². The minimum atomic E-state index is -0.126. The Bertz CT molecular complexity index is 874. The molecule has 114 valence electrons. The average molecular weight is 307 g/mol. The lowest BCUT2D eigenvalue weighted by Crippen LogP contribution is -2.23. The lowest BCUT2D eigenvalue weighted by molar-refractivity contribution is 0.0871. The van der Waals surface area contributed by atoms with Crippen LogP contribution in [-0.4, -0.2) is 27.0 Å². The Morgan fingerprint density at radius 3 is 2.96 bits per heavy atom. The molecule has 6 nitrogen and oxygen atoms in total. The van der Waals surface area contributed by atoms with Crippen LogP contribution in [0.3, 0.4) is 0 Å². The fraction of sp³-hybridized carbons (Fsp3) is 0.176. The molecule has 1 atom stereocenters. The highest BCUT2D eigenvalue weighted by molar-refractivity contribution is 6.00. The molecule has 1 aliphatic rings. The fourth-order valence-electron chi connectivity index (χ4n) is 2.57. The van der Waals surface area contributed by atoms with Crippen LogP contribution >= 0.6 is 0 Å². The van der Waals surface area contributed by atoms with Crippen LogP contribution in [0.2, 0.25) is 0 Å². The van der Waals surface area contributed by atoms with Crippen molar-refractivity contribution in [1.29, 1.82) is 0 Å². The van der Waals surface area contributed by atoms with E-state index in [2.05, 4.69) is 15.1 Å². The topological polar surface area (TPSA) is 78.1 Å². The largest absolute Gasteiger partial charge is 0.489 e. The monoisotopic (exact) mass is 307 g/mol. The minimum Gasteiger partial charge on any atom is -0.489 e. The molecule has 1 aliphatic heterocycles. The van der Waals surface area contributed by atoms with Gasteiger partial charge in [-0.15, -0.1) is 0 Å². The molecule has 6 heteroatoms. The predicted octanol–water partition coefficient (Wildman–Crippen LogP) is 3.15. The summed E-state index contributed by atoms with van der Waals surface area (Å²) in [5, 5.41) is 3.97. The van der Waals surface area contributed by atoms with Crippen LogP contribution in [0, 0.1) is 0 Å². The average Bonchev–Trinajstić information content (AvgIpc) is 3.05. The van der Waals surface area contributed by atoms with Crippen molar-refractivity contribution in [2.24, 2.45) is 0 Å². The summed E-state index contributed by atoms with van der Waals surface area (Å²) in [5.41, 5.74) is 2.09. The highest BCUT2D eigenvalue weighted by Gasteiger charge is 2.24. The van der Waals surface area contributed by atoms with Gasteiger partial charge in [-0.2, -0.15) is 4.98 Å². The van der Waals surface area contributed by atoms with Crippen molar-refractivity contribution >= 4 is 5.78 Å². The number of benzene rings is 1. The van der Waals surface area contributed by atoms with Gasteiger partial charge < -0.3 is 9.26 Å². The zero-order chi connectivity index (χ0) is 15.8. The number of nitrogens with zero attached hydrogens (tertiary/aromatic N) is 3. The third-order valence-corrected chi connectivity index (χ3v) is 3.68. The number of carbonyl (C=O) groups is 1. The van der Waals surface area contributed by atoms with Gasteiger partial charge in [-0.25, -0.2) is 0 Å². The van der Waals surface area contributed by atoms with Gasteiger partial charge in [0, 0.05) is 29.9 Å². The summed E-state index contributed by atoms with van der Waals surface area (Å²) in [6.45, 7) is 1.88. The summed E-state index contributed by atoms with van der Waals surface area (Å²) in [4.78, 5) is 20.4. The van der Waals surface area contributed by atoms with E-state index in [1.807, 2.05) is 19.1 Å². The lowest BCUT2D eigenvalue weighted by atomic mass is 10.00. The molecule has 0 spiro atoms. The molecule has 3 aromatic rings. The first-order valence-electron chi connectivity index (χ1n) is 7.29. The molecule has 0 N–H and O–H groups in total. The molecule has 4 rings (SSSR count). The van der Waals surface area contributed by atoms with Gasteiger partial charge in [-0.05, 0) is 37.3 Å². The molecule has 3 heterocycles. The molecule has 2 aromatic heterocycles. The Morgan fingerprint density at radius 1 is 1.22 bits per heavy atom. The molecule has 0 radical (unpaired) electrons. The van der Waals surface area contributed by atoms with E-state index in [0.717, 1.165) is 5.56 Å². The predicted molar refractivity (Wildman–Crippen MR) is 82.0 cm³/mol. The summed E-state index contributed by atoms with van der Waals surface area (Å²) >= 11 is 0. The molecule has 0 saturated carbocycles. The number of hydrogen-bond donors (Lipinski definition) is 0. The van der Waals surface area contributed by atoms with Crippen LogP contribution in [0.5, 0.6) is 5.75 Å². The molecule has 1 unspecified atom stereocenters. The van der Waals surface area contributed by atoms with Crippen molar-refractivity contribution < 1.29 is 14.1 Å². The Morgan fingerprint density at radius 2 is 2.13 bits per heavy atom. The van der Waals surface area contributed by atoms with E-state index in [-0.39, 0.29) is 11.9 Å². The second-order valence-electron chi connectivity index (χ2n) is 5.43. The maximum Gasteiger partial charge on any atom is 0.258 e. The normalized spacial score (nSPS) is 16.7. The summed E-state index contributed by atoms with van der Waals surface area (Å²) in [6, 6.07) is 8.97. The second-order valence-corrected chi connectivity index (χ2v) is 5.43. The second kappa shape index (κ2) is 5.31. The first-order valence-corrected chi connectivity index (χ1v) is 7.29. The summed E-state index contributed by atoms with van der Waals surface area (Å²) in [7, 11) is 0. The number of pyridine rings is 1. The van der Waals surface area contributed by atoms with E-state index >= 15 is 0 Å². The van der Waals surface area contributed by atoms with Gasteiger partial charge in [-0.3, -0.25) is 9.78 Å². The highest BCUT2D eigenvalue weighted by Crippen LogP contribution is 2.32. The quantitative estimate of drug-likeness (QED) is 0.723. The van der Waals surface area contributed by atoms with Gasteiger partial charge in [0.15, 0.2) is 5.78 Å². The van der Waals surface area contributed by atoms with Gasteiger partial charge >= 0.3 is 0 Å². The number of ether oxygens (including phenoxy) is 1. The first kappa shape index (κ1) is 13.6. The van der Waals surface area contributed by atoms with Gasteiger partial charge in [0.25, 0.3) is 5.89 Å². The molecule has 0 saturated heterocycles. The fourth-order valence-corrected chi connectivity index (χ4v) is 2.57. The summed E-state index contributed by atoms with van der Waals surface area (Å²) in [6.07, 6.45) is 3.63. The van der Waals surface area contributed by atoms with E-state index in [1.165, 1.54) is 0 Å². The van der Waals surface area contributed by atoms with E-state index in [9.17, 15) is 4.79 Å². The molecule has 0 fully saturated rings. The Labute approximate surface area is 132 Å². The molecule has 23 heavy (non-hydrogen) atoms. The SMILES string of the molecule is CC1CC(=O)c2ccc(-c3nc(-c4cccnc4)no3)cc2O1. The molecule has 0 amide bonds. The van der Waals surface area contributed by atoms with Gasteiger partial charge in [0.2, 0.25) is 5.82 Å². The number of Topliss-reactive ketones (excluding diaryl/α,β-unsaturated/α-hetero) is 1. The zero-order valence-electron chi connectivity index (χ0n) is 12.4. The van der Waals surface area contributed by atoms with Crippen molar-refractivity contribution in [3.05, 3.63) is 48.3 Å². The van der Waals surface area contributed by atoms with Crippen LogP contribution in [0.25, 0.3) is 22.8 Å². The molecule has 1 aromatic carbocycles. The standard InChI is InChI=1S/C17H13N3O3/c1-10-7-14(21)13-5-4-11(8-15(13)22-10)17-19-16(20-23-17)12-3-2-6-18-9-12/h2-6,8-10H,7H2,1H3. The number of hydrogen-bond acceptors (Lipinski definition) is 6. The molecular formula is C17H13N3O3. The van der Waals surface area contributed by atoms with Crippen LogP contribution < -0.4 is 4.74 Å².